The first-order valence-corrected chi connectivity index (χ1v) is 8.38. The largest absolute Gasteiger partial charge is 0.437 e. The molecular formula is C18H12Cl2F3N3O. The zero-order valence-corrected chi connectivity index (χ0v) is 15.3. The molecule has 2 aromatic carbocycles. The zero-order valence-electron chi connectivity index (χ0n) is 13.8. The van der Waals surface area contributed by atoms with Crippen molar-refractivity contribution >= 4 is 41.0 Å². The van der Waals surface area contributed by atoms with E-state index in [1.54, 1.807) is 30.3 Å². The van der Waals surface area contributed by atoms with Crippen molar-refractivity contribution in [1.29, 1.82) is 0 Å². The Morgan fingerprint density at radius 2 is 1.78 bits per heavy atom. The summed E-state index contributed by atoms with van der Waals surface area (Å²) in [7, 11) is 1.35. The predicted molar refractivity (Wildman–Crippen MR) is 98.3 cm³/mol. The van der Waals surface area contributed by atoms with Gasteiger partial charge in [0.2, 0.25) is 6.41 Å². The number of hydrogen-bond donors (Lipinski definition) is 0. The van der Waals surface area contributed by atoms with E-state index in [1.807, 2.05) is 0 Å². The van der Waals surface area contributed by atoms with Crippen molar-refractivity contribution in [2.24, 2.45) is 7.05 Å². The minimum atomic E-state index is -4.72. The lowest BCUT2D eigenvalue weighted by molar-refractivity contribution is -0.140. The number of para-hydroxylation sites is 1. The van der Waals surface area contributed by atoms with E-state index in [-0.39, 0.29) is 11.4 Å². The minimum Gasteiger partial charge on any atom is -0.279 e. The summed E-state index contributed by atoms with van der Waals surface area (Å²) >= 11 is 12.2. The van der Waals surface area contributed by atoms with Crippen molar-refractivity contribution in [1.82, 2.24) is 9.78 Å². The quantitative estimate of drug-likeness (QED) is 0.514. The highest BCUT2D eigenvalue weighted by molar-refractivity contribution is 6.36. The molecule has 9 heteroatoms. The van der Waals surface area contributed by atoms with Gasteiger partial charge in [-0.25, -0.2) is 0 Å². The van der Waals surface area contributed by atoms with Crippen molar-refractivity contribution in [2.45, 2.75) is 6.18 Å². The van der Waals surface area contributed by atoms with Crippen molar-refractivity contribution in [3.05, 3.63) is 64.4 Å². The molecule has 1 amide bonds. The number of nitrogens with zero attached hydrogens (tertiary/aromatic N) is 3. The molecule has 0 unspecified atom stereocenters. The van der Waals surface area contributed by atoms with Crippen LogP contribution in [0.3, 0.4) is 0 Å². The summed E-state index contributed by atoms with van der Waals surface area (Å²) in [4.78, 5) is 12.7. The zero-order chi connectivity index (χ0) is 19.8. The fourth-order valence-electron chi connectivity index (χ4n) is 2.72. The summed E-state index contributed by atoms with van der Waals surface area (Å²) in [6.45, 7) is 0. The van der Waals surface area contributed by atoms with Gasteiger partial charge in [-0.3, -0.25) is 14.4 Å². The summed E-state index contributed by atoms with van der Waals surface area (Å²) < 4.78 is 41.1. The van der Waals surface area contributed by atoms with E-state index >= 15 is 0 Å². The maximum absolute atomic E-state index is 13.4. The second-order valence-electron chi connectivity index (χ2n) is 5.65. The Labute approximate surface area is 162 Å². The van der Waals surface area contributed by atoms with E-state index in [0.717, 1.165) is 15.8 Å². The Bertz CT molecular complexity index is 1000. The first kappa shape index (κ1) is 19.3. The van der Waals surface area contributed by atoms with Gasteiger partial charge in [-0.05, 0) is 18.2 Å². The van der Waals surface area contributed by atoms with E-state index in [1.165, 1.54) is 19.2 Å². The topological polar surface area (TPSA) is 38.1 Å². The number of halogens is 5. The van der Waals surface area contributed by atoms with E-state index in [0.29, 0.717) is 27.6 Å². The Morgan fingerprint density at radius 1 is 1.07 bits per heavy atom. The average molecular weight is 414 g/mol. The number of carbonyl (C=O) groups excluding carboxylic acids is 1. The number of hydrogen-bond acceptors (Lipinski definition) is 2. The molecular weight excluding hydrogens is 402 g/mol. The molecule has 140 valence electrons. The van der Waals surface area contributed by atoms with Crippen molar-refractivity contribution in [3.8, 4) is 11.1 Å². The summed E-state index contributed by atoms with van der Waals surface area (Å²) in [5, 5.41) is 4.18. The molecule has 3 rings (SSSR count). The normalized spacial score (nSPS) is 11.5. The van der Waals surface area contributed by atoms with Crippen LogP contribution in [0.25, 0.3) is 11.1 Å². The molecule has 27 heavy (non-hydrogen) atoms. The van der Waals surface area contributed by atoms with Crippen LogP contribution in [0.2, 0.25) is 10.0 Å². The number of carbonyl (C=O) groups is 1. The highest BCUT2D eigenvalue weighted by atomic mass is 35.5. The molecule has 0 atom stereocenters. The van der Waals surface area contributed by atoms with Crippen molar-refractivity contribution in [2.75, 3.05) is 4.90 Å². The number of aromatic nitrogens is 2. The number of rotatable bonds is 4. The monoisotopic (exact) mass is 413 g/mol. The molecule has 3 aromatic rings. The fraction of sp³-hybridized carbons (Fsp3) is 0.111. The molecule has 1 aromatic heterocycles. The van der Waals surface area contributed by atoms with Crippen LogP contribution in [0.5, 0.6) is 0 Å². The number of aryl methyl sites for hydroxylation is 1. The van der Waals surface area contributed by atoms with Crippen LogP contribution in [0.15, 0.2) is 48.7 Å². The van der Waals surface area contributed by atoms with Crippen LogP contribution in [0, 0.1) is 0 Å². The number of benzene rings is 2. The van der Waals surface area contributed by atoms with Crippen LogP contribution in [-0.2, 0) is 18.0 Å². The molecule has 0 spiro atoms. The van der Waals surface area contributed by atoms with Gasteiger partial charge in [-0.15, -0.1) is 0 Å². The lowest BCUT2D eigenvalue weighted by Gasteiger charge is -2.21. The average Bonchev–Trinajstić information content (AvgIpc) is 2.98. The maximum Gasteiger partial charge on any atom is 0.437 e. The van der Waals surface area contributed by atoms with Gasteiger partial charge in [0.25, 0.3) is 0 Å². The van der Waals surface area contributed by atoms with E-state index in [4.69, 9.17) is 23.2 Å². The lowest BCUT2D eigenvalue weighted by Crippen LogP contribution is -2.19. The van der Waals surface area contributed by atoms with Gasteiger partial charge in [0.1, 0.15) is 0 Å². The van der Waals surface area contributed by atoms with Gasteiger partial charge in [0, 0.05) is 34.4 Å². The maximum atomic E-state index is 13.4. The van der Waals surface area contributed by atoms with E-state index in [9.17, 15) is 18.0 Å². The first-order valence-electron chi connectivity index (χ1n) is 7.62. The van der Waals surface area contributed by atoms with Gasteiger partial charge in [-0.2, -0.15) is 18.3 Å². The third-order valence-electron chi connectivity index (χ3n) is 3.83. The minimum absolute atomic E-state index is 0.232. The van der Waals surface area contributed by atoms with Gasteiger partial charge in [0.15, 0.2) is 5.69 Å². The molecule has 0 aliphatic heterocycles. The highest BCUT2D eigenvalue weighted by Crippen LogP contribution is 2.42. The molecule has 0 saturated heterocycles. The second kappa shape index (κ2) is 7.25. The number of alkyl halides is 3. The van der Waals surface area contributed by atoms with Crippen molar-refractivity contribution in [3.63, 3.8) is 0 Å². The summed E-state index contributed by atoms with van der Waals surface area (Å²) in [6, 6.07) is 11.3. The van der Waals surface area contributed by atoms with Crippen LogP contribution >= 0.6 is 23.2 Å². The van der Waals surface area contributed by atoms with Crippen LogP contribution in [-0.4, -0.2) is 16.2 Å². The summed E-state index contributed by atoms with van der Waals surface area (Å²) in [6.07, 6.45) is -3.27. The number of anilines is 2. The molecule has 0 aliphatic rings. The Kier molecular flexibility index (Phi) is 5.17. The fourth-order valence-corrected chi connectivity index (χ4v) is 3.23. The Balaban J connectivity index is 2.21. The first-order chi connectivity index (χ1) is 12.7. The van der Waals surface area contributed by atoms with E-state index < -0.39 is 11.9 Å². The molecule has 0 radical (unpaired) electrons. The predicted octanol–water partition coefficient (Wildman–Crippen LogP) is 5.71. The van der Waals surface area contributed by atoms with E-state index in [2.05, 4.69) is 5.10 Å². The van der Waals surface area contributed by atoms with Crippen LogP contribution in [0.4, 0.5) is 24.5 Å². The molecule has 0 N–H and O–H groups in total. The lowest BCUT2D eigenvalue weighted by atomic mass is 10.0. The molecule has 4 nitrogen and oxygen atoms in total. The van der Waals surface area contributed by atoms with Crippen LogP contribution < -0.4 is 4.90 Å². The van der Waals surface area contributed by atoms with Gasteiger partial charge in [0.05, 0.1) is 11.4 Å². The summed E-state index contributed by atoms with van der Waals surface area (Å²) in [5.74, 6) is 0. The molecule has 0 saturated carbocycles. The number of amides is 1. The molecule has 0 fully saturated rings. The summed E-state index contributed by atoms with van der Waals surface area (Å²) in [5.41, 5.74) is -0.300. The Hall–Kier alpha value is -2.51. The second-order valence-corrected chi connectivity index (χ2v) is 6.49. The molecule has 1 heterocycles. The molecule has 0 aliphatic carbocycles. The SMILES string of the molecule is Cn1cc(N(C=O)c2ccccc2-c2ccc(Cl)cc2Cl)c(C(F)(F)F)n1. The standard InChI is InChI=1S/C18H12Cl2F3N3O/c1-25-9-16(17(24-25)18(21,22)23)26(10-27)15-5-3-2-4-13(15)12-7-6-11(19)8-14(12)20/h2-10H,1H3. The third kappa shape index (κ3) is 3.79. The van der Waals surface area contributed by atoms with Crippen LogP contribution in [0.1, 0.15) is 5.69 Å². The van der Waals surface area contributed by atoms with Gasteiger partial charge in [-0.1, -0.05) is 47.5 Å². The molecule has 0 bridgehead atoms. The van der Waals surface area contributed by atoms with Gasteiger partial charge >= 0.3 is 6.18 Å². The van der Waals surface area contributed by atoms with Crippen molar-refractivity contribution < 1.29 is 18.0 Å². The highest BCUT2D eigenvalue weighted by Gasteiger charge is 2.39. The van der Waals surface area contributed by atoms with Gasteiger partial charge < -0.3 is 0 Å². The smallest absolute Gasteiger partial charge is 0.279 e. The Morgan fingerprint density at radius 3 is 2.41 bits per heavy atom. The third-order valence-corrected chi connectivity index (χ3v) is 4.38.